The molecule has 0 radical (unpaired) electrons. The number of hydrogen-bond donors (Lipinski definition) is 3. The summed E-state index contributed by atoms with van der Waals surface area (Å²) in [6.45, 7) is 5.63. The molecule has 2 rings (SSSR count). The second-order valence-corrected chi connectivity index (χ2v) is 6.34. The number of aliphatic hydroxyl groups is 1. The molecule has 1 atom stereocenters. The molecule has 0 bridgehead atoms. The van der Waals surface area contributed by atoms with E-state index in [9.17, 15) is 14.7 Å². The van der Waals surface area contributed by atoms with E-state index in [0.29, 0.717) is 16.8 Å². The minimum Gasteiger partial charge on any atom is -0.388 e. The fourth-order valence-corrected chi connectivity index (χ4v) is 2.52. The Morgan fingerprint density at radius 1 is 1.08 bits per heavy atom. The molecule has 5 heteroatoms. The predicted molar refractivity (Wildman–Crippen MR) is 98.4 cm³/mol. The van der Waals surface area contributed by atoms with E-state index in [-0.39, 0.29) is 24.3 Å². The average molecular weight is 340 g/mol. The van der Waals surface area contributed by atoms with Crippen LogP contribution in [0.3, 0.4) is 0 Å². The standard InChI is InChI=1S/C20H24N2O3/c1-13(2)21-20(25)17-10-9-16(11-14(17)3)22-19(24)12-18(23)15-7-5-4-6-8-15/h4-11,13,18,23H,12H2,1-3H3,(H,21,25)(H,22,24). The molecule has 0 heterocycles. The Labute approximate surface area is 148 Å². The first-order valence-electron chi connectivity index (χ1n) is 8.31. The van der Waals surface area contributed by atoms with Crippen molar-refractivity contribution >= 4 is 17.5 Å². The number of aliphatic hydroxyl groups excluding tert-OH is 1. The van der Waals surface area contributed by atoms with E-state index in [4.69, 9.17) is 0 Å². The van der Waals surface area contributed by atoms with Crippen molar-refractivity contribution < 1.29 is 14.7 Å². The van der Waals surface area contributed by atoms with Crippen LogP contribution < -0.4 is 10.6 Å². The third-order valence-electron chi connectivity index (χ3n) is 3.74. The van der Waals surface area contributed by atoms with Crippen LogP contribution in [0.25, 0.3) is 0 Å². The number of carbonyl (C=O) groups excluding carboxylic acids is 2. The number of nitrogens with one attached hydrogen (secondary N) is 2. The van der Waals surface area contributed by atoms with Crippen LogP contribution in [-0.2, 0) is 4.79 Å². The average Bonchev–Trinajstić information content (AvgIpc) is 2.54. The van der Waals surface area contributed by atoms with Gasteiger partial charge < -0.3 is 15.7 Å². The van der Waals surface area contributed by atoms with Gasteiger partial charge in [-0.3, -0.25) is 9.59 Å². The number of hydrogen-bond acceptors (Lipinski definition) is 3. The van der Waals surface area contributed by atoms with Gasteiger partial charge in [0.15, 0.2) is 0 Å². The minimum atomic E-state index is -0.849. The Kier molecular flexibility index (Phi) is 6.31. The van der Waals surface area contributed by atoms with Gasteiger partial charge in [-0.15, -0.1) is 0 Å². The lowest BCUT2D eigenvalue weighted by Gasteiger charge is -2.13. The summed E-state index contributed by atoms with van der Waals surface area (Å²) in [6.07, 6.45) is -0.878. The van der Waals surface area contributed by atoms with Crippen LogP contribution in [0.1, 0.15) is 47.9 Å². The van der Waals surface area contributed by atoms with E-state index in [0.717, 1.165) is 5.56 Å². The largest absolute Gasteiger partial charge is 0.388 e. The molecular formula is C20H24N2O3. The Morgan fingerprint density at radius 3 is 2.36 bits per heavy atom. The molecule has 25 heavy (non-hydrogen) atoms. The molecule has 1 unspecified atom stereocenters. The van der Waals surface area contributed by atoms with Gasteiger partial charge in [0.05, 0.1) is 12.5 Å². The van der Waals surface area contributed by atoms with Gasteiger partial charge in [-0.2, -0.15) is 0 Å². The van der Waals surface area contributed by atoms with Gasteiger partial charge in [0.1, 0.15) is 0 Å². The quantitative estimate of drug-likeness (QED) is 0.755. The van der Waals surface area contributed by atoms with E-state index >= 15 is 0 Å². The van der Waals surface area contributed by atoms with Gasteiger partial charge in [0.2, 0.25) is 5.91 Å². The SMILES string of the molecule is Cc1cc(NC(=O)CC(O)c2ccccc2)ccc1C(=O)NC(C)C. The molecule has 3 N–H and O–H groups in total. The summed E-state index contributed by atoms with van der Waals surface area (Å²) < 4.78 is 0. The van der Waals surface area contributed by atoms with Crippen molar-refractivity contribution in [3.05, 3.63) is 65.2 Å². The minimum absolute atomic E-state index is 0.0291. The Balaban J connectivity index is 1.99. The summed E-state index contributed by atoms with van der Waals surface area (Å²) >= 11 is 0. The molecule has 2 aromatic carbocycles. The lowest BCUT2D eigenvalue weighted by Crippen LogP contribution is -2.30. The van der Waals surface area contributed by atoms with E-state index in [1.165, 1.54) is 0 Å². The zero-order valence-electron chi connectivity index (χ0n) is 14.7. The second-order valence-electron chi connectivity index (χ2n) is 6.34. The molecule has 0 saturated carbocycles. The number of carbonyl (C=O) groups is 2. The Morgan fingerprint density at radius 2 is 1.76 bits per heavy atom. The maximum Gasteiger partial charge on any atom is 0.251 e. The van der Waals surface area contributed by atoms with E-state index in [1.807, 2.05) is 39.0 Å². The van der Waals surface area contributed by atoms with Crippen molar-refractivity contribution in [1.82, 2.24) is 5.32 Å². The first kappa shape index (κ1) is 18.7. The van der Waals surface area contributed by atoms with Crippen LogP contribution in [0.2, 0.25) is 0 Å². The van der Waals surface area contributed by atoms with Crippen LogP contribution in [0.15, 0.2) is 48.5 Å². The first-order valence-corrected chi connectivity index (χ1v) is 8.31. The molecule has 5 nitrogen and oxygen atoms in total. The second kappa shape index (κ2) is 8.44. The number of amides is 2. The van der Waals surface area contributed by atoms with E-state index < -0.39 is 6.10 Å². The third-order valence-corrected chi connectivity index (χ3v) is 3.74. The smallest absolute Gasteiger partial charge is 0.251 e. The highest BCUT2D eigenvalue weighted by atomic mass is 16.3. The fourth-order valence-electron chi connectivity index (χ4n) is 2.52. The molecule has 2 aromatic rings. The molecule has 0 fully saturated rings. The predicted octanol–water partition coefficient (Wildman–Crippen LogP) is 3.20. The van der Waals surface area contributed by atoms with Crippen LogP contribution >= 0.6 is 0 Å². The van der Waals surface area contributed by atoms with Crippen molar-refractivity contribution in [1.29, 1.82) is 0 Å². The third kappa shape index (κ3) is 5.43. The fraction of sp³-hybridized carbons (Fsp3) is 0.300. The van der Waals surface area contributed by atoms with Crippen molar-refractivity contribution in [2.24, 2.45) is 0 Å². The number of rotatable bonds is 6. The topological polar surface area (TPSA) is 78.4 Å². The normalized spacial score (nSPS) is 11.9. The van der Waals surface area contributed by atoms with Gasteiger partial charge >= 0.3 is 0 Å². The molecular weight excluding hydrogens is 316 g/mol. The lowest BCUT2D eigenvalue weighted by molar-refractivity contribution is -0.118. The van der Waals surface area contributed by atoms with Gasteiger partial charge in [-0.05, 0) is 50.1 Å². The maximum absolute atomic E-state index is 12.1. The summed E-state index contributed by atoms with van der Waals surface area (Å²) in [6, 6.07) is 14.3. The number of aryl methyl sites for hydroxylation is 1. The highest BCUT2D eigenvalue weighted by Gasteiger charge is 2.14. The Hall–Kier alpha value is -2.66. The molecule has 0 aliphatic heterocycles. The van der Waals surface area contributed by atoms with Crippen molar-refractivity contribution in [2.75, 3.05) is 5.32 Å². The highest BCUT2D eigenvalue weighted by Crippen LogP contribution is 2.19. The first-order chi connectivity index (χ1) is 11.9. The van der Waals surface area contributed by atoms with Crippen molar-refractivity contribution in [3.63, 3.8) is 0 Å². The van der Waals surface area contributed by atoms with Crippen molar-refractivity contribution in [2.45, 2.75) is 39.3 Å². The lowest BCUT2D eigenvalue weighted by atomic mass is 10.1. The summed E-state index contributed by atoms with van der Waals surface area (Å²) in [7, 11) is 0. The zero-order chi connectivity index (χ0) is 18.4. The monoisotopic (exact) mass is 340 g/mol. The van der Waals surface area contributed by atoms with E-state index in [2.05, 4.69) is 10.6 Å². The van der Waals surface area contributed by atoms with Crippen LogP contribution in [0, 0.1) is 6.92 Å². The molecule has 0 aromatic heterocycles. The molecule has 0 aliphatic carbocycles. The summed E-state index contributed by atoms with van der Waals surface area (Å²) in [4.78, 5) is 24.2. The van der Waals surface area contributed by atoms with Gasteiger partial charge in [0.25, 0.3) is 5.91 Å². The molecule has 0 aliphatic rings. The summed E-state index contributed by atoms with van der Waals surface area (Å²) in [5.74, 6) is -0.417. The number of benzene rings is 2. The molecule has 2 amide bonds. The molecule has 0 saturated heterocycles. The summed E-state index contributed by atoms with van der Waals surface area (Å²) in [5.41, 5.74) is 2.66. The van der Waals surface area contributed by atoms with Crippen molar-refractivity contribution in [3.8, 4) is 0 Å². The van der Waals surface area contributed by atoms with Gasteiger partial charge in [-0.25, -0.2) is 0 Å². The van der Waals surface area contributed by atoms with Crippen LogP contribution in [-0.4, -0.2) is 23.0 Å². The zero-order valence-corrected chi connectivity index (χ0v) is 14.7. The van der Waals surface area contributed by atoms with Crippen LogP contribution in [0.5, 0.6) is 0 Å². The molecule has 0 spiro atoms. The van der Waals surface area contributed by atoms with E-state index in [1.54, 1.807) is 30.3 Å². The summed E-state index contributed by atoms with van der Waals surface area (Å²) in [5, 5.41) is 15.7. The number of anilines is 1. The van der Waals surface area contributed by atoms with Gasteiger partial charge in [-0.1, -0.05) is 30.3 Å². The van der Waals surface area contributed by atoms with Crippen LogP contribution in [0.4, 0.5) is 5.69 Å². The molecule has 132 valence electrons. The maximum atomic E-state index is 12.1. The van der Waals surface area contributed by atoms with Gasteiger partial charge in [0, 0.05) is 17.3 Å². The highest BCUT2D eigenvalue weighted by molar-refractivity contribution is 5.97. The Bertz CT molecular complexity index is 742.